The number of hydrogen-bond acceptors (Lipinski definition) is 3. The number of carboxylic acid groups (broad SMARTS) is 1. The molecule has 1 aromatic carbocycles. The van der Waals surface area contributed by atoms with Crippen molar-refractivity contribution in [3.8, 4) is 18.1 Å². The number of benzene rings is 1. The van der Waals surface area contributed by atoms with Crippen LogP contribution in [0.3, 0.4) is 0 Å². The molecule has 0 unspecified atom stereocenters. The number of carbonyl (C=O) groups excluding carboxylic acids is 1. The topological polar surface area (TPSA) is 66.8 Å². The second-order valence-electron chi connectivity index (χ2n) is 4.45. The van der Waals surface area contributed by atoms with Crippen molar-refractivity contribution in [2.75, 3.05) is 13.1 Å². The minimum absolute atomic E-state index is 0.0431. The molecule has 1 aromatic rings. The number of aliphatic carboxylic acids is 1. The first kappa shape index (κ1) is 15.6. The van der Waals surface area contributed by atoms with Crippen LogP contribution in [0.2, 0.25) is 0 Å². The van der Waals surface area contributed by atoms with E-state index in [1.165, 1.54) is 0 Å². The third kappa shape index (κ3) is 4.65. The Bertz CT molecular complexity index is 514. The summed E-state index contributed by atoms with van der Waals surface area (Å²) in [4.78, 5) is 23.9. The third-order valence-electron chi connectivity index (χ3n) is 2.37. The summed E-state index contributed by atoms with van der Waals surface area (Å²) in [6.07, 6.45) is 5.19. The molecular formula is C15H17NO4. The van der Waals surface area contributed by atoms with Crippen LogP contribution in [0.25, 0.3) is 0 Å². The largest absolute Gasteiger partial charge is 0.491 e. The number of terminal acetylenes is 1. The molecule has 1 rings (SSSR count). The zero-order valence-electron chi connectivity index (χ0n) is 11.5. The molecule has 0 spiro atoms. The molecule has 0 radical (unpaired) electrons. The van der Waals surface area contributed by atoms with Crippen LogP contribution in [0.15, 0.2) is 24.3 Å². The summed E-state index contributed by atoms with van der Waals surface area (Å²) in [7, 11) is 0. The van der Waals surface area contributed by atoms with E-state index in [0.29, 0.717) is 11.3 Å². The van der Waals surface area contributed by atoms with Crippen LogP contribution in [0.4, 0.5) is 0 Å². The highest BCUT2D eigenvalue weighted by Gasteiger charge is 2.17. The van der Waals surface area contributed by atoms with Crippen molar-refractivity contribution in [1.82, 2.24) is 4.90 Å². The van der Waals surface area contributed by atoms with E-state index in [9.17, 15) is 9.59 Å². The Kier molecular flexibility index (Phi) is 5.60. The fraction of sp³-hybridized carbons (Fsp3) is 0.333. The van der Waals surface area contributed by atoms with Crippen molar-refractivity contribution in [2.45, 2.75) is 20.0 Å². The highest BCUT2D eigenvalue weighted by atomic mass is 16.5. The van der Waals surface area contributed by atoms with Gasteiger partial charge >= 0.3 is 5.97 Å². The molecule has 0 aliphatic carbocycles. The molecule has 0 aliphatic heterocycles. The minimum Gasteiger partial charge on any atom is -0.491 e. The van der Waals surface area contributed by atoms with Gasteiger partial charge in [-0.3, -0.25) is 9.59 Å². The Hall–Kier alpha value is -2.48. The molecule has 1 N–H and O–H groups in total. The highest BCUT2D eigenvalue weighted by Crippen LogP contribution is 2.15. The molecule has 0 aromatic heterocycles. The Morgan fingerprint density at radius 3 is 2.40 bits per heavy atom. The van der Waals surface area contributed by atoms with E-state index in [4.69, 9.17) is 16.3 Å². The van der Waals surface area contributed by atoms with Crippen molar-refractivity contribution in [3.63, 3.8) is 0 Å². The lowest BCUT2D eigenvalue weighted by Crippen LogP contribution is -2.35. The number of ether oxygens (including phenoxy) is 1. The molecule has 0 bridgehead atoms. The maximum Gasteiger partial charge on any atom is 0.323 e. The summed E-state index contributed by atoms with van der Waals surface area (Å²) in [5.41, 5.74) is 0.373. The predicted octanol–water partition coefficient (Wildman–Crippen LogP) is 1.63. The Labute approximate surface area is 118 Å². The van der Waals surface area contributed by atoms with Crippen LogP contribution >= 0.6 is 0 Å². The fourth-order valence-electron chi connectivity index (χ4n) is 1.60. The monoisotopic (exact) mass is 275 g/mol. The molecule has 20 heavy (non-hydrogen) atoms. The van der Waals surface area contributed by atoms with Crippen molar-refractivity contribution < 1.29 is 19.4 Å². The third-order valence-corrected chi connectivity index (χ3v) is 2.37. The molecular weight excluding hydrogens is 258 g/mol. The van der Waals surface area contributed by atoms with Crippen LogP contribution in [-0.4, -0.2) is 41.1 Å². The maximum absolute atomic E-state index is 12.1. The number of hydrogen-bond donors (Lipinski definition) is 1. The molecule has 5 heteroatoms. The second-order valence-corrected chi connectivity index (χ2v) is 4.45. The summed E-state index contributed by atoms with van der Waals surface area (Å²) < 4.78 is 5.47. The van der Waals surface area contributed by atoms with Gasteiger partial charge in [-0.05, 0) is 38.1 Å². The fourth-order valence-corrected chi connectivity index (χ4v) is 1.60. The van der Waals surface area contributed by atoms with Crippen LogP contribution in [0.1, 0.15) is 24.2 Å². The SMILES string of the molecule is C#CCN(CC(=O)O)C(=O)c1ccc(OC(C)C)cc1. The molecule has 0 aliphatic rings. The quantitative estimate of drug-likeness (QED) is 0.801. The van der Waals surface area contributed by atoms with E-state index in [1.807, 2.05) is 13.8 Å². The number of carboxylic acids is 1. The first-order valence-corrected chi connectivity index (χ1v) is 6.15. The summed E-state index contributed by atoms with van der Waals surface area (Å²) in [5.74, 6) is 1.41. The van der Waals surface area contributed by atoms with Gasteiger partial charge in [0.2, 0.25) is 0 Å². The number of carbonyl (C=O) groups is 2. The van der Waals surface area contributed by atoms with Gasteiger partial charge in [0, 0.05) is 5.56 Å². The Balaban J connectivity index is 2.84. The van der Waals surface area contributed by atoms with E-state index >= 15 is 0 Å². The van der Waals surface area contributed by atoms with Crippen molar-refractivity contribution in [2.24, 2.45) is 0 Å². The predicted molar refractivity (Wildman–Crippen MR) is 74.6 cm³/mol. The first-order valence-electron chi connectivity index (χ1n) is 6.15. The lowest BCUT2D eigenvalue weighted by atomic mass is 10.2. The van der Waals surface area contributed by atoms with Crippen LogP contribution in [0.5, 0.6) is 5.75 Å². The van der Waals surface area contributed by atoms with E-state index in [-0.39, 0.29) is 12.6 Å². The smallest absolute Gasteiger partial charge is 0.323 e. The van der Waals surface area contributed by atoms with Gasteiger partial charge in [-0.25, -0.2) is 0 Å². The van der Waals surface area contributed by atoms with Gasteiger partial charge < -0.3 is 14.7 Å². The summed E-state index contributed by atoms with van der Waals surface area (Å²) in [6.45, 7) is 3.34. The van der Waals surface area contributed by atoms with Crippen molar-refractivity contribution in [1.29, 1.82) is 0 Å². The maximum atomic E-state index is 12.1. The molecule has 1 amide bonds. The minimum atomic E-state index is -1.10. The average molecular weight is 275 g/mol. The van der Waals surface area contributed by atoms with Crippen LogP contribution in [0, 0.1) is 12.3 Å². The van der Waals surface area contributed by atoms with Gasteiger partial charge in [0.05, 0.1) is 12.6 Å². The number of rotatable bonds is 6. The van der Waals surface area contributed by atoms with Gasteiger partial charge in [0.15, 0.2) is 0 Å². The normalized spacial score (nSPS) is 9.90. The summed E-state index contributed by atoms with van der Waals surface area (Å²) in [5, 5.41) is 8.77. The lowest BCUT2D eigenvalue weighted by molar-refractivity contribution is -0.137. The van der Waals surface area contributed by atoms with Crippen LogP contribution in [-0.2, 0) is 4.79 Å². The molecule has 0 saturated heterocycles. The van der Waals surface area contributed by atoms with E-state index in [1.54, 1.807) is 24.3 Å². The summed E-state index contributed by atoms with van der Waals surface area (Å²) in [6, 6.07) is 6.51. The van der Waals surface area contributed by atoms with Gasteiger partial charge in [0.1, 0.15) is 12.3 Å². The second kappa shape index (κ2) is 7.19. The van der Waals surface area contributed by atoms with Crippen LogP contribution < -0.4 is 4.74 Å². The van der Waals surface area contributed by atoms with Gasteiger partial charge in [-0.15, -0.1) is 6.42 Å². The molecule has 0 fully saturated rings. The zero-order valence-corrected chi connectivity index (χ0v) is 11.5. The average Bonchev–Trinajstić information content (AvgIpc) is 2.37. The number of amides is 1. The lowest BCUT2D eigenvalue weighted by Gasteiger charge is -2.18. The van der Waals surface area contributed by atoms with Crippen molar-refractivity contribution >= 4 is 11.9 Å². The van der Waals surface area contributed by atoms with E-state index in [0.717, 1.165) is 4.90 Å². The van der Waals surface area contributed by atoms with Gasteiger partial charge in [0.25, 0.3) is 5.91 Å². The Morgan fingerprint density at radius 2 is 1.95 bits per heavy atom. The van der Waals surface area contributed by atoms with E-state index < -0.39 is 18.4 Å². The van der Waals surface area contributed by atoms with E-state index in [2.05, 4.69) is 5.92 Å². The highest BCUT2D eigenvalue weighted by molar-refractivity contribution is 5.96. The standard InChI is InChI=1S/C15H17NO4/c1-4-9-16(10-14(17)18)15(19)12-5-7-13(8-6-12)20-11(2)3/h1,5-8,11H,9-10H2,2-3H3,(H,17,18). The molecule has 0 atom stereocenters. The molecule has 106 valence electrons. The zero-order chi connectivity index (χ0) is 15.1. The first-order chi connectivity index (χ1) is 9.43. The Morgan fingerprint density at radius 1 is 1.35 bits per heavy atom. The summed E-state index contributed by atoms with van der Waals surface area (Å²) >= 11 is 0. The van der Waals surface area contributed by atoms with Gasteiger partial charge in [-0.1, -0.05) is 5.92 Å². The molecule has 0 saturated carbocycles. The molecule has 5 nitrogen and oxygen atoms in total. The van der Waals surface area contributed by atoms with Gasteiger partial charge in [-0.2, -0.15) is 0 Å². The van der Waals surface area contributed by atoms with Crippen molar-refractivity contribution in [3.05, 3.63) is 29.8 Å². The number of nitrogens with zero attached hydrogens (tertiary/aromatic N) is 1. The molecule has 0 heterocycles.